The van der Waals surface area contributed by atoms with Gasteiger partial charge in [-0.3, -0.25) is 0 Å². The minimum Gasteiger partial charge on any atom is -0.493 e. The Bertz CT molecular complexity index is 510. The Labute approximate surface area is 98.5 Å². The van der Waals surface area contributed by atoms with Gasteiger partial charge in [-0.2, -0.15) is 0 Å². The van der Waals surface area contributed by atoms with Crippen molar-refractivity contribution in [3.05, 3.63) is 23.3 Å². The van der Waals surface area contributed by atoms with Crippen LogP contribution in [-0.2, 0) is 21.2 Å². The number of fused-ring (bicyclic) bond motifs is 1. The van der Waals surface area contributed by atoms with Crippen LogP contribution in [0.5, 0.6) is 11.5 Å². The predicted octanol–water partition coefficient (Wildman–Crippen LogP) is 1.70. The van der Waals surface area contributed by atoms with E-state index in [0.717, 1.165) is 5.56 Å². The van der Waals surface area contributed by atoms with Crippen LogP contribution in [0.3, 0.4) is 0 Å². The summed E-state index contributed by atoms with van der Waals surface area (Å²) in [5.41, 5.74) is 1.56. The topological polar surface area (TPSA) is 52.6 Å². The molecule has 0 atom stereocenters. The van der Waals surface area contributed by atoms with Crippen molar-refractivity contribution in [1.29, 1.82) is 0 Å². The molecular formula is C10H11ClO4S. The summed E-state index contributed by atoms with van der Waals surface area (Å²) in [7, 11) is 3.25. The smallest absolute Gasteiger partial charge is 0.236 e. The van der Waals surface area contributed by atoms with Crippen molar-refractivity contribution in [2.75, 3.05) is 13.7 Å². The largest absolute Gasteiger partial charge is 0.493 e. The number of methoxy groups -OCH3 is 1. The standard InChI is InChI=1S/C10H11ClO4S/c1-14-9-3-2-7(6-16(11,12)13)8-4-5-15-10(8)9/h2-3H,4-6H2,1H3. The van der Waals surface area contributed by atoms with Gasteiger partial charge in [0.2, 0.25) is 9.05 Å². The molecule has 0 radical (unpaired) electrons. The zero-order valence-electron chi connectivity index (χ0n) is 8.70. The molecule has 0 saturated heterocycles. The number of hydrogen-bond donors (Lipinski definition) is 0. The number of rotatable bonds is 3. The van der Waals surface area contributed by atoms with Crippen LogP contribution in [0.2, 0.25) is 0 Å². The maximum absolute atomic E-state index is 11.0. The van der Waals surface area contributed by atoms with Gasteiger partial charge in [0.1, 0.15) is 0 Å². The third kappa shape index (κ3) is 2.25. The van der Waals surface area contributed by atoms with Crippen LogP contribution in [0.4, 0.5) is 0 Å². The fourth-order valence-electron chi connectivity index (χ4n) is 1.82. The third-order valence-corrected chi connectivity index (χ3v) is 3.45. The molecule has 16 heavy (non-hydrogen) atoms. The molecule has 0 aromatic heterocycles. The summed E-state index contributed by atoms with van der Waals surface area (Å²) in [6.07, 6.45) is 0.689. The molecule has 0 saturated carbocycles. The van der Waals surface area contributed by atoms with E-state index in [4.69, 9.17) is 20.2 Å². The molecule has 1 aliphatic rings. The molecule has 0 unspecified atom stereocenters. The van der Waals surface area contributed by atoms with E-state index in [1.165, 1.54) is 0 Å². The highest BCUT2D eigenvalue weighted by atomic mass is 35.7. The second kappa shape index (κ2) is 4.14. The molecule has 1 aromatic carbocycles. The highest BCUT2D eigenvalue weighted by Crippen LogP contribution is 2.38. The highest BCUT2D eigenvalue weighted by molar-refractivity contribution is 8.13. The third-order valence-electron chi connectivity index (χ3n) is 2.47. The monoisotopic (exact) mass is 262 g/mol. The molecule has 1 heterocycles. The zero-order valence-corrected chi connectivity index (χ0v) is 10.3. The molecule has 0 spiro atoms. The van der Waals surface area contributed by atoms with E-state index in [1.807, 2.05) is 0 Å². The summed E-state index contributed by atoms with van der Waals surface area (Å²) in [6, 6.07) is 3.41. The van der Waals surface area contributed by atoms with Crippen LogP contribution < -0.4 is 9.47 Å². The Morgan fingerprint density at radius 2 is 2.25 bits per heavy atom. The SMILES string of the molecule is COc1ccc(CS(=O)(=O)Cl)c2c1OCC2. The van der Waals surface area contributed by atoms with Crippen LogP contribution in [0.25, 0.3) is 0 Å². The molecule has 0 fully saturated rings. The number of halogens is 1. The minimum absolute atomic E-state index is 0.176. The molecule has 1 aliphatic heterocycles. The van der Waals surface area contributed by atoms with Crippen molar-refractivity contribution >= 4 is 19.7 Å². The van der Waals surface area contributed by atoms with E-state index in [1.54, 1.807) is 19.2 Å². The lowest BCUT2D eigenvalue weighted by Crippen LogP contribution is -1.99. The zero-order chi connectivity index (χ0) is 11.8. The van der Waals surface area contributed by atoms with Crippen molar-refractivity contribution in [2.24, 2.45) is 0 Å². The maximum atomic E-state index is 11.0. The van der Waals surface area contributed by atoms with Gasteiger partial charge in [0.25, 0.3) is 0 Å². The minimum atomic E-state index is -3.54. The summed E-state index contributed by atoms with van der Waals surface area (Å²) in [5, 5.41) is 0. The van der Waals surface area contributed by atoms with Crippen molar-refractivity contribution in [2.45, 2.75) is 12.2 Å². The van der Waals surface area contributed by atoms with Gasteiger partial charge >= 0.3 is 0 Å². The van der Waals surface area contributed by atoms with E-state index in [9.17, 15) is 8.42 Å². The molecule has 0 N–H and O–H groups in total. The number of hydrogen-bond acceptors (Lipinski definition) is 4. The van der Waals surface area contributed by atoms with Crippen LogP contribution in [0.15, 0.2) is 12.1 Å². The Hall–Kier alpha value is -0.940. The van der Waals surface area contributed by atoms with Crippen molar-refractivity contribution in [3.8, 4) is 11.5 Å². The summed E-state index contributed by atoms with van der Waals surface area (Å²) in [6.45, 7) is 0.547. The van der Waals surface area contributed by atoms with Gasteiger partial charge in [0, 0.05) is 22.7 Å². The van der Waals surface area contributed by atoms with E-state index in [2.05, 4.69) is 0 Å². The molecule has 0 aliphatic carbocycles. The van der Waals surface area contributed by atoms with Crippen LogP contribution in [0.1, 0.15) is 11.1 Å². The van der Waals surface area contributed by atoms with Crippen molar-refractivity contribution in [1.82, 2.24) is 0 Å². The molecule has 4 nitrogen and oxygen atoms in total. The Balaban J connectivity index is 2.46. The fraction of sp³-hybridized carbons (Fsp3) is 0.400. The van der Waals surface area contributed by atoms with Gasteiger partial charge < -0.3 is 9.47 Å². The van der Waals surface area contributed by atoms with E-state index in [0.29, 0.717) is 30.1 Å². The van der Waals surface area contributed by atoms with E-state index >= 15 is 0 Å². The molecule has 88 valence electrons. The first-order chi connectivity index (χ1) is 7.51. The molecule has 6 heteroatoms. The molecule has 1 aromatic rings. The average molecular weight is 263 g/mol. The first-order valence-electron chi connectivity index (χ1n) is 4.75. The molecule has 2 rings (SSSR count). The van der Waals surface area contributed by atoms with Gasteiger partial charge in [-0.1, -0.05) is 6.07 Å². The van der Waals surface area contributed by atoms with E-state index in [-0.39, 0.29) is 5.75 Å². The average Bonchev–Trinajstić information content (AvgIpc) is 2.65. The summed E-state index contributed by atoms with van der Waals surface area (Å²) in [4.78, 5) is 0. The second-order valence-electron chi connectivity index (χ2n) is 3.52. The summed E-state index contributed by atoms with van der Waals surface area (Å²) >= 11 is 0. The quantitative estimate of drug-likeness (QED) is 0.778. The molecular weight excluding hydrogens is 252 g/mol. The van der Waals surface area contributed by atoms with Gasteiger partial charge in [-0.05, 0) is 11.6 Å². The predicted molar refractivity (Wildman–Crippen MR) is 60.7 cm³/mol. The normalized spacial score (nSPS) is 14.4. The Morgan fingerprint density at radius 3 is 2.88 bits per heavy atom. The molecule has 0 bridgehead atoms. The first-order valence-corrected chi connectivity index (χ1v) is 7.23. The van der Waals surface area contributed by atoms with Crippen LogP contribution in [-0.4, -0.2) is 22.1 Å². The lowest BCUT2D eigenvalue weighted by atomic mass is 10.1. The number of ether oxygens (including phenoxy) is 2. The second-order valence-corrected chi connectivity index (χ2v) is 6.29. The highest BCUT2D eigenvalue weighted by Gasteiger charge is 2.22. The fourth-order valence-corrected chi connectivity index (χ4v) is 2.81. The lowest BCUT2D eigenvalue weighted by Gasteiger charge is -2.09. The van der Waals surface area contributed by atoms with Crippen LogP contribution in [0, 0.1) is 0 Å². The lowest BCUT2D eigenvalue weighted by molar-refractivity contribution is 0.326. The Morgan fingerprint density at radius 1 is 1.50 bits per heavy atom. The maximum Gasteiger partial charge on any atom is 0.236 e. The van der Waals surface area contributed by atoms with Crippen LogP contribution >= 0.6 is 10.7 Å². The summed E-state index contributed by atoms with van der Waals surface area (Å²) in [5.74, 6) is 1.09. The van der Waals surface area contributed by atoms with Gasteiger partial charge in [0.05, 0.1) is 19.5 Å². The van der Waals surface area contributed by atoms with Gasteiger partial charge in [-0.15, -0.1) is 0 Å². The van der Waals surface area contributed by atoms with Gasteiger partial charge in [0.15, 0.2) is 11.5 Å². The Kier molecular flexibility index (Phi) is 2.99. The van der Waals surface area contributed by atoms with Crippen molar-refractivity contribution in [3.63, 3.8) is 0 Å². The van der Waals surface area contributed by atoms with E-state index < -0.39 is 9.05 Å². The molecule has 0 amide bonds. The van der Waals surface area contributed by atoms with Gasteiger partial charge in [-0.25, -0.2) is 8.42 Å². The number of benzene rings is 1. The first kappa shape index (κ1) is 11.5. The summed E-state index contributed by atoms with van der Waals surface area (Å²) < 4.78 is 32.6. The van der Waals surface area contributed by atoms with Crippen molar-refractivity contribution < 1.29 is 17.9 Å².